The molecule has 15 heteroatoms. The van der Waals surface area contributed by atoms with E-state index in [2.05, 4.69) is 55.7 Å². The summed E-state index contributed by atoms with van der Waals surface area (Å²) in [5.74, 6) is 1.16. The second-order valence-corrected chi connectivity index (χ2v) is 20.5. The maximum atomic E-state index is 14.1. The molecule has 1 aliphatic heterocycles. The maximum Gasteiger partial charge on any atom is 0.351 e. The summed E-state index contributed by atoms with van der Waals surface area (Å²) in [6.07, 6.45) is 15.4. The smallest absolute Gasteiger partial charge is 0.351 e. The molecule has 5 rings (SSSR count). The van der Waals surface area contributed by atoms with Crippen molar-refractivity contribution in [3.8, 4) is 17.6 Å². The molecule has 1 amide bonds. The Morgan fingerprint density at radius 1 is 0.764 bits per heavy atom. The normalized spacial score (nSPS) is 17.4. The van der Waals surface area contributed by atoms with Crippen molar-refractivity contribution >= 4 is 20.3 Å². The van der Waals surface area contributed by atoms with Gasteiger partial charge in [0, 0.05) is 31.8 Å². The molecule has 1 N–H and O–H groups in total. The fourth-order valence-electron chi connectivity index (χ4n) is 9.42. The number of unbranched alkanes of at least 4 members (excludes halogenated alkanes) is 13. The van der Waals surface area contributed by atoms with Crippen LogP contribution in [0.25, 0.3) is 0 Å². The molecular weight excluding hydrogens is 930 g/mol. The predicted octanol–water partition coefficient (Wildman–Crippen LogP) is 12.7. The molecule has 0 aliphatic carbocycles. The average molecular weight is 1010 g/mol. The van der Waals surface area contributed by atoms with Gasteiger partial charge in [-0.1, -0.05) is 145 Å². The molecule has 72 heavy (non-hydrogen) atoms. The Kier molecular flexibility index (Phi) is 25.1. The Morgan fingerprint density at radius 3 is 1.78 bits per heavy atom. The standard InChI is InChI=1S/C57H82N5O9P/c1-9-10-11-12-13-14-15-16-17-18-19-20-21-25-40-67-54-53(71-72(69-41-26-38-58)62(43(2)3)44(4)5)51(70-55(54)61-39-37-52(59-45(6)63)60-56(61)64)42-68-57(46-27-23-22-24-28-46,47-29-33-49(65-7)34-30-47)48-31-35-50(66-8)36-32-48/h22-24,27-37,39,43-44,51,53-55H,9-21,25-26,40-42H2,1-8H3,(H,59,60,63,64)/t51-,53-,54-,55-,72?/m1/s1. The largest absolute Gasteiger partial charge is 0.497 e. The fourth-order valence-corrected chi connectivity index (χ4v) is 11.2. The minimum Gasteiger partial charge on any atom is -0.497 e. The summed E-state index contributed by atoms with van der Waals surface area (Å²) in [4.78, 5) is 30.3. The highest BCUT2D eigenvalue weighted by Gasteiger charge is 2.51. The highest BCUT2D eigenvalue weighted by atomic mass is 31.2. The molecule has 2 heterocycles. The number of nitrogens with one attached hydrogen (secondary N) is 1. The number of carbonyl (C=O) groups is 1. The molecule has 0 radical (unpaired) electrons. The zero-order chi connectivity index (χ0) is 51.7. The molecule has 394 valence electrons. The lowest BCUT2D eigenvalue weighted by molar-refractivity contribution is -0.114. The number of ether oxygens (including phenoxy) is 5. The highest BCUT2D eigenvalue weighted by Crippen LogP contribution is 2.51. The van der Waals surface area contributed by atoms with Crippen molar-refractivity contribution in [3.05, 3.63) is 118 Å². The summed E-state index contributed by atoms with van der Waals surface area (Å²) in [6.45, 7) is 12.5. The number of nitrogens with zero attached hydrogens (tertiary/aromatic N) is 4. The van der Waals surface area contributed by atoms with Crippen LogP contribution in [0.15, 0.2) is 95.9 Å². The van der Waals surface area contributed by atoms with Crippen molar-refractivity contribution in [3.63, 3.8) is 0 Å². The summed E-state index contributed by atoms with van der Waals surface area (Å²) in [5.41, 5.74) is 0.688. The second kappa shape index (κ2) is 31.1. The molecule has 0 spiro atoms. The van der Waals surface area contributed by atoms with Gasteiger partial charge in [0.05, 0.1) is 39.9 Å². The van der Waals surface area contributed by atoms with E-state index in [1.165, 1.54) is 82.1 Å². The lowest BCUT2D eigenvalue weighted by atomic mass is 9.80. The third-order valence-electron chi connectivity index (χ3n) is 13.0. The Hall–Kier alpha value is -4.71. The van der Waals surface area contributed by atoms with E-state index in [9.17, 15) is 14.9 Å². The van der Waals surface area contributed by atoms with Crippen LogP contribution in [0.3, 0.4) is 0 Å². The van der Waals surface area contributed by atoms with E-state index in [1.807, 2.05) is 78.9 Å². The zero-order valence-corrected chi connectivity index (χ0v) is 45.2. The molecule has 14 nitrogen and oxygen atoms in total. The number of benzene rings is 3. The van der Waals surface area contributed by atoms with Gasteiger partial charge in [0.25, 0.3) is 8.53 Å². The number of nitriles is 1. The molecule has 1 unspecified atom stereocenters. The molecule has 0 bridgehead atoms. The molecule has 1 saturated heterocycles. The first-order valence-corrected chi connectivity index (χ1v) is 27.5. The minimum atomic E-state index is -1.82. The second-order valence-electron chi connectivity index (χ2n) is 19.1. The lowest BCUT2D eigenvalue weighted by Crippen LogP contribution is -2.43. The predicted molar refractivity (Wildman–Crippen MR) is 285 cm³/mol. The summed E-state index contributed by atoms with van der Waals surface area (Å²) < 4.78 is 50.0. The first-order valence-electron chi connectivity index (χ1n) is 26.3. The van der Waals surface area contributed by atoms with Gasteiger partial charge >= 0.3 is 5.69 Å². The van der Waals surface area contributed by atoms with Crippen LogP contribution < -0.4 is 20.5 Å². The maximum absolute atomic E-state index is 14.1. The van der Waals surface area contributed by atoms with E-state index in [-0.39, 0.29) is 43.4 Å². The number of rotatable bonds is 34. The average Bonchev–Trinajstić information content (AvgIpc) is 3.71. The molecule has 5 atom stereocenters. The highest BCUT2D eigenvalue weighted by molar-refractivity contribution is 7.44. The first-order chi connectivity index (χ1) is 35.0. The topological polar surface area (TPSA) is 156 Å². The number of methoxy groups -OCH3 is 2. The zero-order valence-electron chi connectivity index (χ0n) is 44.3. The van der Waals surface area contributed by atoms with E-state index in [4.69, 9.17) is 32.7 Å². The van der Waals surface area contributed by atoms with Crippen LogP contribution in [-0.2, 0) is 33.7 Å². The van der Waals surface area contributed by atoms with Crippen molar-refractivity contribution in [1.29, 1.82) is 5.26 Å². The number of amides is 1. The monoisotopic (exact) mass is 1010 g/mol. The number of anilines is 1. The van der Waals surface area contributed by atoms with Crippen LogP contribution in [0.2, 0.25) is 0 Å². The summed E-state index contributed by atoms with van der Waals surface area (Å²) >= 11 is 0. The third kappa shape index (κ3) is 16.9. The number of hydrogen-bond acceptors (Lipinski definition) is 12. The van der Waals surface area contributed by atoms with Crippen LogP contribution >= 0.6 is 8.53 Å². The summed E-state index contributed by atoms with van der Waals surface area (Å²) in [7, 11) is 1.45. The van der Waals surface area contributed by atoms with Crippen LogP contribution in [0.1, 0.15) is 161 Å². The van der Waals surface area contributed by atoms with Crippen LogP contribution in [0.5, 0.6) is 11.5 Å². The Morgan fingerprint density at radius 2 is 1.29 bits per heavy atom. The van der Waals surface area contributed by atoms with Crippen LogP contribution in [0, 0.1) is 11.3 Å². The van der Waals surface area contributed by atoms with Gasteiger partial charge in [-0.3, -0.25) is 9.36 Å². The SMILES string of the molecule is CCCCCCCCCCCCCCCCO[C@@H]1[C@H](OP(OCCC#N)N(C(C)C)C(C)C)[C@@H](COC(c2ccccc2)(c2ccc(OC)cc2)c2ccc(OC)cc2)O[C@H]1n1ccc(NC(C)=O)nc1=O. The Bertz CT molecular complexity index is 2200. The van der Waals surface area contributed by atoms with Crippen molar-refractivity contribution in [2.45, 2.75) is 180 Å². The van der Waals surface area contributed by atoms with Gasteiger partial charge in [-0.15, -0.1) is 0 Å². The van der Waals surface area contributed by atoms with Crippen molar-refractivity contribution in [1.82, 2.24) is 14.2 Å². The number of carbonyl (C=O) groups excluding carboxylic acids is 1. The molecule has 1 fully saturated rings. The molecule has 3 aromatic carbocycles. The molecule has 0 saturated carbocycles. The fraction of sp³-hybridized carbons (Fsp3) is 0.579. The lowest BCUT2D eigenvalue weighted by Gasteiger charge is -2.39. The summed E-state index contributed by atoms with van der Waals surface area (Å²) in [6, 6.07) is 29.4. The van der Waals surface area contributed by atoms with Gasteiger partial charge in [-0.2, -0.15) is 10.2 Å². The van der Waals surface area contributed by atoms with Crippen molar-refractivity contribution in [2.24, 2.45) is 0 Å². The molecule has 1 aromatic heterocycles. The Balaban J connectivity index is 1.51. The van der Waals surface area contributed by atoms with Crippen molar-refractivity contribution in [2.75, 3.05) is 39.4 Å². The van der Waals surface area contributed by atoms with Crippen LogP contribution in [-0.4, -0.2) is 84.6 Å². The quantitative estimate of drug-likeness (QED) is 0.0269. The number of aromatic nitrogens is 2. The van der Waals surface area contributed by atoms with Gasteiger partial charge < -0.3 is 38.0 Å². The van der Waals surface area contributed by atoms with E-state index < -0.39 is 44.4 Å². The van der Waals surface area contributed by atoms with Gasteiger partial charge in [0.2, 0.25) is 5.91 Å². The minimum absolute atomic E-state index is 0.00458. The summed E-state index contributed by atoms with van der Waals surface area (Å²) in [5, 5.41) is 12.2. The molecule has 4 aromatic rings. The van der Waals surface area contributed by atoms with Gasteiger partial charge in [0.1, 0.15) is 41.2 Å². The molecular formula is C57H82N5O9P. The van der Waals surface area contributed by atoms with E-state index >= 15 is 0 Å². The van der Waals surface area contributed by atoms with E-state index in [1.54, 1.807) is 26.5 Å². The van der Waals surface area contributed by atoms with Gasteiger partial charge in [-0.25, -0.2) is 9.46 Å². The number of hydrogen-bond donors (Lipinski definition) is 1. The van der Waals surface area contributed by atoms with E-state index in [0.717, 1.165) is 36.0 Å². The third-order valence-corrected chi connectivity index (χ3v) is 15.1. The molecule has 1 aliphatic rings. The first kappa shape index (κ1) is 58.2. The van der Waals surface area contributed by atoms with Crippen LogP contribution in [0.4, 0.5) is 5.82 Å². The van der Waals surface area contributed by atoms with Gasteiger partial charge in [0.15, 0.2) is 6.23 Å². The van der Waals surface area contributed by atoms with E-state index in [0.29, 0.717) is 18.1 Å². The van der Waals surface area contributed by atoms with Crippen molar-refractivity contribution < 1.29 is 37.5 Å². The van der Waals surface area contributed by atoms with Gasteiger partial charge in [-0.05, 0) is 81.1 Å². The Labute approximate surface area is 431 Å².